The highest BCUT2D eigenvalue weighted by molar-refractivity contribution is 7.99. The first kappa shape index (κ1) is 17.8. The molecule has 3 rings (SSSR count). The summed E-state index contributed by atoms with van der Waals surface area (Å²) in [5, 5.41) is 8.67. The minimum absolute atomic E-state index is 0.225. The maximum atomic E-state index is 10.5. The molecule has 132 valence electrons. The molecule has 1 aliphatic rings. The van der Waals surface area contributed by atoms with Crippen LogP contribution in [0.1, 0.15) is 38.5 Å². The van der Waals surface area contributed by atoms with E-state index in [9.17, 15) is 4.79 Å². The molecule has 0 bridgehead atoms. The van der Waals surface area contributed by atoms with Crippen molar-refractivity contribution in [3.8, 4) is 17.0 Å². The first-order valence-electron chi connectivity index (χ1n) is 8.79. The van der Waals surface area contributed by atoms with E-state index in [1.807, 2.05) is 12.1 Å². The molecule has 1 fully saturated rings. The first-order valence-corrected chi connectivity index (χ1v) is 9.77. The molecule has 0 unspecified atom stereocenters. The van der Waals surface area contributed by atoms with Crippen LogP contribution in [0.2, 0.25) is 0 Å². The zero-order valence-corrected chi connectivity index (χ0v) is 15.0. The van der Waals surface area contributed by atoms with Crippen LogP contribution in [0, 0.1) is 0 Å². The van der Waals surface area contributed by atoms with Gasteiger partial charge in [-0.25, -0.2) is 4.98 Å². The Bertz CT molecular complexity index is 696. The maximum absolute atomic E-state index is 10.5. The number of pyridine rings is 1. The van der Waals surface area contributed by atoms with Crippen LogP contribution in [0.25, 0.3) is 11.1 Å². The molecule has 1 aromatic carbocycles. The largest absolute Gasteiger partial charge is 0.481 e. The molecule has 2 aromatic rings. The Labute approximate surface area is 152 Å². The smallest absolute Gasteiger partial charge is 0.303 e. The number of carbonyl (C=O) groups is 1. The summed E-state index contributed by atoms with van der Waals surface area (Å²) in [6, 6.07) is 12.3. The second kappa shape index (κ2) is 8.90. The number of rotatable bonds is 8. The lowest BCUT2D eigenvalue weighted by atomic mass is 10.1. The third kappa shape index (κ3) is 5.23. The average molecular weight is 357 g/mol. The standard InChI is InChI=1S/C20H23NO3S/c22-19(23)8-4-14-25-17-11-9-15(10-12-17)18-7-3-13-21-20(18)24-16-5-1-2-6-16/h3,7,9-13,16H,1-2,4-6,8,14H2,(H,22,23). The summed E-state index contributed by atoms with van der Waals surface area (Å²) in [6.45, 7) is 0. The van der Waals surface area contributed by atoms with E-state index in [2.05, 4.69) is 29.2 Å². The van der Waals surface area contributed by atoms with Crippen LogP contribution >= 0.6 is 11.8 Å². The molecule has 25 heavy (non-hydrogen) atoms. The van der Waals surface area contributed by atoms with Gasteiger partial charge in [0.25, 0.3) is 0 Å². The predicted molar refractivity (Wildman–Crippen MR) is 100 cm³/mol. The van der Waals surface area contributed by atoms with Crippen LogP contribution in [0.4, 0.5) is 0 Å². The van der Waals surface area contributed by atoms with Crippen molar-refractivity contribution in [3.63, 3.8) is 0 Å². The SMILES string of the molecule is O=C(O)CCCSc1ccc(-c2cccnc2OC2CCCC2)cc1. The van der Waals surface area contributed by atoms with Crippen molar-refractivity contribution >= 4 is 17.7 Å². The van der Waals surface area contributed by atoms with Gasteiger partial charge in [-0.3, -0.25) is 4.79 Å². The predicted octanol–water partition coefficient (Wildman–Crippen LogP) is 5.03. The second-order valence-corrected chi connectivity index (χ2v) is 7.42. The summed E-state index contributed by atoms with van der Waals surface area (Å²) in [7, 11) is 0. The van der Waals surface area contributed by atoms with Gasteiger partial charge in [-0.2, -0.15) is 0 Å². The molecule has 0 atom stereocenters. The van der Waals surface area contributed by atoms with Gasteiger partial charge in [0.05, 0.1) is 0 Å². The lowest BCUT2D eigenvalue weighted by Crippen LogP contribution is -2.12. The maximum Gasteiger partial charge on any atom is 0.303 e. The Kier molecular flexibility index (Phi) is 6.34. The van der Waals surface area contributed by atoms with E-state index in [4.69, 9.17) is 9.84 Å². The fourth-order valence-electron chi connectivity index (χ4n) is 3.01. The monoisotopic (exact) mass is 357 g/mol. The Balaban J connectivity index is 1.64. The Morgan fingerprint density at radius 1 is 1.20 bits per heavy atom. The number of hydrogen-bond donors (Lipinski definition) is 1. The highest BCUT2D eigenvalue weighted by atomic mass is 32.2. The highest BCUT2D eigenvalue weighted by Gasteiger charge is 2.19. The van der Waals surface area contributed by atoms with E-state index in [1.165, 1.54) is 12.8 Å². The second-order valence-electron chi connectivity index (χ2n) is 6.25. The van der Waals surface area contributed by atoms with E-state index in [1.54, 1.807) is 18.0 Å². The van der Waals surface area contributed by atoms with Gasteiger partial charge in [0, 0.05) is 23.1 Å². The summed E-state index contributed by atoms with van der Waals surface area (Å²) in [4.78, 5) is 16.1. The molecular formula is C20H23NO3S. The summed E-state index contributed by atoms with van der Waals surface area (Å²) in [5.41, 5.74) is 2.12. The fourth-order valence-corrected chi connectivity index (χ4v) is 3.87. The molecule has 1 heterocycles. The van der Waals surface area contributed by atoms with Crippen molar-refractivity contribution in [3.05, 3.63) is 42.6 Å². The van der Waals surface area contributed by atoms with Crippen LogP contribution in [0.5, 0.6) is 5.88 Å². The van der Waals surface area contributed by atoms with Crippen molar-refractivity contribution in [2.75, 3.05) is 5.75 Å². The number of carboxylic acid groups (broad SMARTS) is 1. The number of ether oxygens (including phenoxy) is 1. The molecule has 0 saturated heterocycles. The van der Waals surface area contributed by atoms with E-state index in [-0.39, 0.29) is 12.5 Å². The molecule has 0 amide bonds. The molecule has 0 spiro atoms. The number of aliphatic carboxylic acids is 1. The van der Waals surface area contributed by atoms with Crippen LogP contribution in [-0.4, -0.2) is 27.9 Å². The van der Waals surface area contributed by atoms with Gasteiger partial charge < -0.3 is 9.84 Å². The topological polar surface area (TPSA) is 59.4 Å². The van der Waals surface area contributed by atoms with E-state index in [0.29, 0.717) is 6.42 Å². The van der Waals surface area contributed by atoms with Gasteiger partial charge in [-0.1, -0.05) is 12.1 Å². The molecular weight excluding hydrogens is 334 g/mol. The Morgan fingerprint density at radius 2 is 1.96 bits per heavy atom. The minimum Gasteiger partial charge on any atom is -0.481 e. The summed E-state index contributed by atoms with van der Waals surface area (Å²) in [6.07, 6.45) is 7.68. The van der Waals surface area contributed by atoms with Crippen LogP contribution in [0.15, 0.2) is 47.5 Å². The lowest BCUT2D eigenvalue weighted by Gasteiger charge is -2.15. The third-order valence-electron chi connectivity index (χ3n) is 4.32. The Morgan fingerprint density at radius 3 is 2.68 bits per heavy atom. The van der Waals surface area contributed by atoms with Crippen molar-refractivity contribution in [1.29, 1.82) is 0 Å². The lowest BCUT2D eigenvalue weighted by molar-refractivity contribution is -0.137. The molecule has 1 saturated carbocycles. The van der Waals surface area contributed by atoms with Crippen molar-refractivity contribution < 1.29 is 14.6 Å². The molecule has 1 aliphatic carbocycles. The van der Waals surface area contributed by atoms with Crippen LogP contribution < -0.4 is 4.74 Å². The van der Waals surface area contributed by atoms with Crippen LogP contribution in [-0.2, 0) is 4.79 Å². The molecule has 4 nitrogen and oxygen atoms in total. The minimum atomic E-state index is -0.734. The van der Waals surface area contributed by atoms with Gasteiger partial charge in [-0.05, 0) is 67.7 Å². The molecule has 5 heteroatoms. The number of carboxylic acids is 1. The van der Waals surface area contributed by atoms with Gasteiger partial charge >= 0.3 is 5.97 Å². The molecule has 1 aromatic heterocycles. The zero-order valence-electron chi connectivity index (χ0n) is 14.2. The van der Waals surface area contributed by atoms with Crippen LogP contribution in [0.3, 0.4) is 0 Å². The van der Waals surface area contributed by atoms with Crippen molar-refractivity contribution in [1.82, 2.24) is 4.98 Å². The number of thioether (sulfide) groups is 1. The van der Waals surface area contributed by atoms with Gasteiger partial charge in [-0.15, -0.1) is 11.8 Å². The number of hydrogen-bond acceptors (Lipinski definition) is 4. The van der Waals surface area contributed by atoms with Gasteiger partial charge in [0.1, 0.15) is 6.10 Å². The van der Waals surface area contributed by atoms with E-state index in [0.717, 1.165) is 40.5 Å². The van der Waals surface area contributed by atoms with E-state index >= 15 is 0 Å². The molecule has 0 radical (unpaired) electrons. The van der Waals surface area contributed by atoms with Gasteiger partial charge in [0.2, 0.25) is 5.88 Å². The average Bonchev–Trinajstić information content (AvgIpc) is 3.13. The molecule has 1 N–H and O–H groups in total. The third-order valence-corrected chi connectivity index (χ3v) is 5.42. The number of aromatic nitrogens is 1. The zero-order chi connectivity index (χ0) is 17.5. The van der Waals surface area contributed by atoms with Crippen molar-refractivity contribution in [2.24, 2.45) is 0 Å². The summed E-state index contributed by atoms with van der Waals surface area (Å²) >= 11 is 1.69. The van der Waals surface area contributed by atoms with E-state index < -0.39 is 5.97 Å². The summed E-state index contributed by atoms with van der Waals surface area (Å²) < 4.78 is 6.12. The normalized spacial score (nSPS) is 14.6. The molecule has 0 aliphatic heterocycles. The van der Waals surface area contributed by atoms with Gasteiger partial charge in [0.15, 0.2) is 0 Å². The number of benzene rings is 1. The fraction of sp³-hybridized carbons (Fsp3) is 0.400. The Hall–Kier alpha value is -2.01. The van der Waals surface area contributed by atoms with Crippen molar-refractivity contribution in [2.45, 2.75) is 49.5 Å². The quantitative estimate of drug-likeness (QED) is 0.530. The number of nitrogens with zero attached hydrogens (tertiary/aromatic N) is 1. The highest BCUT2D eigenvalue weighted by Crippen LogP contribution is 2.32. The first-order chi connectivity index (χ1) is 12.2. The summed E-state index contributed by atoms with van der Waals surface area (Å²) in [5.74, 6) is 0.799.